The van der Waals surface area contributed by atoms with E-state index in [1.165, 1.54) is 22.8 Å². The molecule has 31 heavy (non-hydrogen) atoms. The Morgan fingerprint density at radius 3 is 2.55 bits per heavy atom. The van der Waals surface area contributed by atoms with Gasteiger partial charge >= 0.3 is 0 Å². The zero-order chi connectivity index (χ0) is 22.2. The van der Waals surface area contributed by atoms with Crippen LogP contribution in [0.25, 0.3) is 22.0 Å². The predicted molar refractivity (Wildman–Crippen MR) is 117 cm³/mol. The number of fused-ring (bicyclic) bond motifs is 1. The summed E-state index contributed by atoms with van der Waals surface area (Å²) in [4.78, 5) is 22.5. The Balaban J connectivity index is 1.91. The Kier molecular flexibility index (Phi) is 5.41. The Morgan fingerprint density at radius 2 is 1.94 bits per heavy atom. The molecule has 12 heteroatoms. The van der Waals surface area contributed by atoms with Crippen LogP contribution in [0.5, 0.6) is 0 Å². The van der Waals surface area contributed by atoms with Crippen LogP contribution in [0.3, 0.4) is 0 Å². The highest BCUT2D eigenvalue weighted by Crippen LogP contribution is 2.39. The summed E-state index contributed by atoms with van der Waals surface area (Å²) in [7, 11) is -1.71. The summed E-state index contributed by atoms with van der Waals surface area (Å²) in [5.74, 6) is -0.178. The zero-order valence-electron chi connectivity index (χ0n) is 16.8. The summed E-state index contributed by atoms with van der Waals surface area (Å²) in [5.41, 5.74) is 2.51. The summed E-state index contributed by atoms with van der Waals surface area (Å²) in [6.45, 7) is 0. The summed E-state index contributed by atoms with van der Waals surface area (Å²) in [6.07, 6.45) is 6.08. The SMILES string of the molecule is CSc1c(C(=O)Nc2nnnn2C)cc2cncnc2c1-c1ccc(S(C)(=O)=O)cc1. The highest BCUT2D eigenvalue weighted by molar-refractivity contribution is 7.98. The second-order valence-electron chi connectivity index (χ2n) is 6.67. The first-order valence-electron chi connectivity index (χ1n) is 8.94. The van der Waals surface area contributed by atoms with E-state index in [4.69, 9.17) is 0 Å². The summed E-state index contributed by atoms with van der Waals surface area (Å²) >= 11 is 1.39. The van der Waals surface area contributed by atoms with Gasteiger partial charge in [-0.2, -0.15) is 0 Å². The number of thioether (sulfide) groups is 1. The zero-order valence-corrected chi connectivity index (χ0v) is 18.4. The molecule has 0 bridgehead atoms. The van der Waals surface area contributed by atoms with Crippen LogP contribution in [0.4, 0.5) is 5.95 Å². The van der Waals surface area contributed by atoms with Gasteiger partial charge in [0.15, 0.2) is 9.84 Å². The Bertz CT molecular complexity index is 1400. The molecule has 4 aromatic rings. The lowest BCUT2D eigenvalue weighted by atomic mass is 9.99. The lowest BCUT2D eigenvalue weighted by molar-refractivity contribution is 0.102. The number of carbonyl (C=O) groups is 1. The number of nitrogens with zero attached hydrogens (tertiary/aromatic N) is 6. The number of sulfone groups is 1. The predicted octanol–water partition coefficient (Wildman–Crippen LogP) is 2.20. The smallest absolute Gasteiger partial charge is 0.259 e. The van der Waals surface area contributed by atoms with Crippen LogP contribution in [-0.4, -0.2) is 57.0 Å². The molecular weight excluding hydrogens is 438 g/mol. The van der Waals surface area contributed by atoms with Crippen molar-refractivity contribution in [1.29, 1.82) is 0 Å². The maximum absolute atomic E-state index is 13.1. The molecule has 1 amide bonds. The highest BCUT2D eigenvalue weighted by atomic mass is 32.2. The molecule has 0 saturated heterocycles. The van der Waals surface area contributed by atoms with Crippen molar-refractivity contribution in [2.45, 2.75) is 9.79 Å². The van der Waals surface area contributed by atoms with E-state index in [0.717, 1.165) is 11.8 Å². The normalized spacial score (nSPS) is 11.6. The average molecular weight is 456 g/mol. The Hall–Kier alpha value is -3.38. The highest BCUT2D eigenvalue weighted by Gasteiger charge is 2.22. The average Bonchev–Trinajstić information content (AvgIpc) is 3.16. The summed E-state index contributed by atoms with van der Waals surface area (Å²) in [5, 5.41) is 14.4. The lowest BCUT2D eigenvalue weighted by Gasteiger charge is -2.16. The number of rotatable bonds is 5. The van der Waals surface area contributed by atoms with Crippen molar-refractivity contribution >= 4 is 44.4 Å². The molecule has 0 unspecified atom stereocenters. The fourth-order valence-electron chi connectivity index (χ4n) is 3.14. The van der Waals surface area contributed by atoms with Crippen LogP contribution in [0.1, 0.15) is 10.4 Å². The van der Waals surface area contributed by atoms with Crippen molar-refractivity contribution in [3.05, 3.63) is 48.4 Å². The Morgan fingerprint density at radius 1 is 1.19 bits per heavy atom. The maximum atomic E-state index is 13.1. The molecule has 0 aliphatic heterocycles. The van der Waals surface area contributed by atoms with E-state index in [9.17, 15) is 13.2 Å². The van der Waals surface area contributed by atoms with E-state index in [1.807, 2.05) is 6.26 Å². The number of aryl methyl sites for hydroxylation is 1. The molecule has 2 heterocycles. The maximum Gasteiger partial charge on any atom is 0.259 e. The second kappa shape index (κ2) is 8.04. The minimum Gasteiger partial charge on any atom is -0.289 e. The largest absolute Gasteiger partial charge is 0.289 e. The minimum absolute atomic E-state index is 0.209. The molecule has 158 valence electrons. The molecule has 2 aromatic carbocycles. The molecule has 0 aliphatic carbocycles. The number of anilines is 1. The van der Waals surface area contributed by atoms with Crippen LogP contribution < -0.4 is 5.32 Å². The first-order chi connectivity index (χ1) is 14.8. The molecule has 0 fully saturated rings. The van der Waals surface area contributed by atoms with E-state index in [1.54, 1.807) is 43.6 Å². The molecule has 2 aromatic heterocycles. The van der Waals surface area contributed by atoms with E-state index >= 15 is 0 Å². The van der Waals surface area contributed by atoms with E-state index in [2.05, 4.69) is 30.8 Å². The first kappa shape index (κ1) is 20.9. The second-order valence-corrected chi connectivity index (χ2v) is 9.50. The molecule has 1 N–H and O–H groups in total. The van der Waals surface area contributed by atoms with Gasteiger partial charge in [-0.3, -0.25) is 10.1 Å². The van der Waals surface area contributed by atoms with Gasteiger partial charge in [0, 0.05) is 35.3 Å². The van der Waals surface area contributed by atoms with Crippen LogP contribution in [0, 0.1) is 0 Å². The minimum atomic E-state index is -3.33. The van der Waals surface area contributed by atoms with Crippen molar-refractivity contribution in [2.75, 3.05) is 17.8 Å². The van der Waals surface area contributed by atoms with Crippen LogP contribution >= 0.6 is 11.8 Å². The number of benzene rings is 2. The van der Waals surface area contributed by atoms with Gasteiger partial charge in [-0.15, -0.1) is 11.8 Å². The van der Waals surface area contributed by atoms with Gasteiger partial charge in [-0.25, -0.2) is 23.1 Å². The third kappa shape index (κ3) is 3.99. The number of nitrogens with one attached hydrogen (secondary N) is 1. The molecule has 0 radical (unpaired) electrons. The van der Waals surface area contributed by atoms with Gasteiger partial charge in [0.1, 0.15) is 6.33 Å². The number of carbonyl (C=O) groups excluding carboxylic acids is 1. The van der Waals surface area contributed by atoms with Crippen molar-refractivity contribution in [3.63, 3.8) is 0 Å². The monoisotopic (exact) mass is 455 g/mol. The fourth-order valence-corrected chi connectivity index (χ4v) is 4.56. The molecule has 0 atom stereocenters. The molecule has 0 spiro atoms. The van der Waals surface area contributed by atoms with Crippen molar-refractivity contribution < 1.29 is 13.2 Å². The molecular formula is C19H17N7O3S2. The summed E-state index contributed by atoms with van der Waals surface area (Å²) in [6, 6.07) is 8.22. The van der Waals surface area contributed by atoms with E-state index in [0.29, 0.717) is 26.9 Å². The number of hydrogen-bond acceptors (Lipinski definition) is 9. The van der Waals surface area contributed by atoms with Gasteiger partial charge in [0.2, 0.25) is 5.95 Å². The van der Waals surface area contributed by atoms with Crippen LogP contribution in [-0.2, 0) is 16.9 Å². The van der Waals surface area contributed by atoms with Crippen LogP contribution in [0.15, 0.2) is 52.6 Å². The Labute approximate surface area is 182 Å². The number of hydrogen-bond donors (Lipinski definition) is 1. The van der Waals surface area contributed by atoms with E-state index in [-0.39, 0.29) is 16.8 Å². The van der Waals surface area contributed by atoms with Gasteiger partial charge in [0.25, 0.3) is 5.91 Å². The van der Waals surface area contributed by atoms with Crippen molar-refractivity contribution in [1.82, 2.24) is 30.2 Å². The molecule has 0 aliphatic rings. The molecule has 4 rings (SSSR count). The number of aromatic nitrogens is 6. The standard InChI is InChI=1S/C19H17N7O3S2/c1-26-19(23-24-25-26)22-18(27)14-8-12-9-20-10-21-16(12)15(17(14)30-2)11-4-6-13(7-5-11)31(3,28)29/h4-10H,1-3H3,(H,22,23,25,27). The first-order valence-corrected chi connectivity index (χ1v) is 12.1. The summed E-state index contributed by atoms with van der Waals surface area (Å²) < 4.78 is 25.0. The van der Waals surface area contributed by atoms with Gasteiger partial charge in [0.05, 0.1) is 16.0 Å². The quantitative estimate of drug-likeness (QED) is 0.450. The van der Waals surface area contributed by atoms with Gasteiger partial charge < -0.3 is 0 Å². The topological polar surface area (TPSA) is 133 Å². The lowest BCUT2D eigenvalue weighted by Crippen LogP contribution is -2.17. The third-order valence-corrected chi connectivity index (χ3v) is 6.58. The fraction of sp³-hybridized carbons (Fsp3) is 0.158. The van der Waals surface area contributed by atoms with Crippen molar-refractivity contribution in [3.8, 4) is 11.1 Å². The van der Waals surface area contributed by atoms with Gasteiger partial charge in [-0.05, 0) is 40.4 Å². The number of tetrazole rings is 1. The van der Waals surface area contributed by atoms with Crippen LogP contribution in [0.2, 0.25) is 0 Å². The third-order valence-electron chi connectivity index (χ3n) is 4.61. The molecule has 10 nitrogen and oxygen atoms in total. The number of amides is 1. The van der Waals surface area contributed by atoms with Crippen molar-refractivity contribution in [2.24, 2.45) is 7.05 Å². The molecule has 0 saturated carbocycles. The van der Waals surface area contributed by atoms with E-state index < -0.39 is 9.84 Å². The van der Waals surface area contributed by atoms with Gasteiger partial charge in [-0.1, -0.05) is 17.2 Å².